The smallest absolute Gasteiger partial charge is 0.246 e. The zero-order valence-corrected chi connectivity index (χ0v) is 15.9. The van der Waals surface area contributed by atoms with Crippen LogP contribution in [0.1, 0.15) is 29.5 Å². The second kappa shape index (κ2) is 8.67. The lowest BCUT2D eigenvalue weighted by atomic mass is 9.95. The van der Waals surface area contributed by atoms with Crippen LogP contribution in [0.15, 0.2) is 54.6 Å². The van der Waals surface area contributed by atoms with Crippen LogP contribution in [0.3, 0.4) is 0 Å². The summed E-state index contributed by atoms with van der Waals surface area (Å²) >= 11 is 0. The van der Waals surface area contributed by atoms with Gasteiger partial charge in [0.2, 0.25) is 11.8 Å². The highest BCUT2D eigenvalue weighted by atomic mass is 16.2. The van der Waals surface area contributed by atoms with Crippen molar-refractivity contribution in [3.8, 4) is 0 Å². The number of anilines is 1. The Kier molecular flexibility index (Phi) is 6.07. The van der Waals surface area contributed by atoms with Gasteiger partial charge < -0.3 is 10.2 Å². The molecular weight excluding hydrogens is 336 g/mol. The molecule has 2 amide bonds. The first-order valence-corrected chi connectivity index (χ1v) is 9.43. The number of carbonyl (C=O) groups is 2. The molecule has 4 heteroatoms. The standard InChI is InChI=1S/C23H26N2O2/c1-17-7-6-10-21(18(17)2)24-23(27)20-13-15-25(16-14-20)22(26)12-11-19-8-4-3-5-9-19/h3-12,20H,13-16H2,1-2H3,(H,24,27). The number of nitrogens with one attached hydrogen (secondary N) is 1. The Morgan fingerprint density at radius 1 is 1.00 bits per heavy atom. The lowest BCUT2D eigenvalue weighted by molar-refractivity contribution is -0.130. The minimum Gasteiger partial charge on any atom is -0.339 e. The molecule has 1 N–H and O–H groups in total. The quantitative estimate of drug-likeness (QED) is 0.829. The van der Waals surface area contributed by atoms with Gasteiger partial charge in [-0.2, -0.15) is 0 Å². The normalized spacial score (nSPS) is 15.1. The van der Waals surface area contributed by atoms with Crippen LogP contribution < -0.4 is 5.32 Å². The molecule has 0 atom stereocenters. The molecule has 1 fully saturated rings. The third kappa shape index (κ3) is 4.85. The van der Waals surface area contributed by atoms with Crippen LogP contribution in [0.25, 0.3) is 6.08 Å². The van der Waals surface area contributed by atoms with Crippen LogP contribution in [0.5, 0.6) is 0 Å². The lowest BCUT2D eigenvalue weighted by Gasteiger charge is -2.30. The summed E-state index contributed by atoms with van der Waals surface area (Å²) in [5.41, 5.74) is 4.15. The van der Waals surface area contributed by atoms with Gasteiger partial charge >= 0.3 is 0 Å². The molecule has 1 saturated heterocycles. The number of hydrogen-bond acceptors (Lipinski definition) is 2. The van der Waals surface area contributed by atoms with Crippen molar-refractivity contribution in [3.63, 3.8) is 0 Å². The number of rotatable bonds is 4. The van der Waals surface area contributed by atoms with E-state index in [0.29, 0.717) is 25.9 Å². The number of aryl methyl sites for hydroxylation is 1. The van der Waals surface area contributed by atoms with Crippen LogP contribution in [0.2, 0.25) is 0 Å². The summed E-state index contributed by atoms with van der Waals surface area (Å²) in [5.74, 6) is 0.00920. The predicted molar refractivity (Wildman–Crippen MR) is 109 cm³/mol. The molecule has 0 spiro atoms. The van der Waals surface area contributed by atoms with Crippen LogP contribution in [-0.4, -0.2) is 29.8 Å². The van der Waals surface area contributed by atoms with E-state index in [2.05, 4.69) is 5.32 Å². The maximum absolute atomic E-state index is 12.6. The Morgan fingerprint density at radius 3 is 2.41 bits per heavy atom. The van der Waals surface area contributed by atoms with Crippen molar-refractivity contribution in [3.05, 3.63) is 71.3 Å². The molecule has 4 nitrogen and oxygen atoms in total. The third-order valence-electron chi connectivity index (χ3n) is 5.26. The SMILES string of the molecule is Cc1cccc(NC(=O)C2CCN(C(=O)C=Cc3ccccc3)CC2)c1C. The highest BCUT2D eigenvalue weighted by Gasteiger charge is 2.26. The molecule has 0 unspecified atom stereocenters. The largest absolute Gasteiger partial charge is 0.339 e. The number of piperidine rings is 1. The Morgan fingerprint density at radius 2 is 1.70 bits per heavy atom. The average molecular weight is 362 g/mol. The van der Waals surface area contributed by atoms with E-state index in [4.69, 9.17) is 0 Å². The molecule has 0 radical (unpaired) electrons. The van der Waals surface area contributed by atoms with Gasteiger partial charge in [0.1, 0.15) is 0 Å². The van der Waals surface area contributed by atoms with Crippen molar-refractivity contribution in [1.29, 1.82) is 0 Å². The van der Waals surface area contributed by atoms with Crippen molar-refractivity contribution >= 4 is 23.6 Å². The maximum Gasteiger partial charge on any atom is 0.246 e. The van der Waals surface area contributed by atoms with Gasteiger partial charge in [-0.15, -0.1) is 0 Å². The summed E-state index contributed by atoms with van der Waals surface area (Å²) in [7, 11) is 0. The fraction of sp³-hybridized carbons (Fsp3) is 0.304. The molecule has 140 valence electrons. The fourth-order valence-electron chi connectivity index (χ4n) is 3.32. The summed E-state index contributed by atoms with van der Waals surface area (Å²) in [6.07, 6.45) is 4.84. The monoisotopic (exact) mass is 362 g/mol. The molecule has 1 heterocycles. The topological polar surface area (TPSA) is 49.4 Å². The van der Waals surface area contributed by atoms with E-state index in [0.717, 1.165) is 16.8 Å². The van der Waals surface area contributed by atoms with Crippen molar-refractivity contribution in [2.75, 3.05) is 18.4 Å². The molecule has 0 bridgehead atoms. The van der Waals surface area contributed by atoms with Crippen molar-refractivity contribution < 1.29 is 9.59 Å². The lowest BCUT2D eigenvalue weighted by Crippen LogP contribution is -2.40. The number of nitrogens with zero attached hydrogens (tertiary/aromatic N) is 1. The molecule has 0 saturated carbocycles. The first-order valence-electron chi connectivity index (χ1n) is 9.43. The fourth-order valence-corrected chi connectivity index (χ4v) is 3.32. The zero-order valence-electron chi connectivity index (χ0n) is 15.9. The highest BCUT2D eigenvalue weighted by molar-refractivity contribution is 5.94. The van der Waals surface area contributed by atoms with Gasteiger partial charge in [-0.05, 0) is 55.5 Å². The van der Waals surface area contributed by atoms with Crippen LogP contribution in [0.4, 0.5) is 5.69 Å². The van der Waals surface area contributed by atoms with Gasteiger partial charge in [0.15, 0.2) is 0 Å². The van der Waals surface area contributed by atoms with Gasteiger partial charge in [0.25, 0.3) is 0 Å². The Hall–Kier alpha value is -2.88. The summed E-state index contributed by atoms with van der Waals surface area (Å²) in [6, 6.07) is 15.7. The summed E-state index contributed by atoms with van der Waals surface area (Å²) in [4.78, 5) is 26.8. The van der Waals surface area contributed by atoms with Gasteiger partial charge in [-0.3, -0.25) is 9.59 Å². The van der Waals surface area contributed by atoms with Gasteiger partial charge in [-0.1, -0.05) is 42.5 Å². The summed E-state index contributed by atoms with van der Waals surface area (Å²) in [5, 5.41) is 3.06. The van der Waals surface area contributed by atoms with Crippen molar-refractivity contribution in [2.24, 2.45) is 5.92 Å². The Labute approximate surface area is 160 Å². The molecule has 27 heavy (non-hydrogen) atoms. The van der Waals surface area contributed by atoms with Crippen molar-refractivity contribution in [1.82, 2.24) is 4.90 Å². The van der Waals surface area contributed by atoms with Crippen LogP contribution >= 0.6 is 0 Å². The second-order valence-electron chi connectivity index (χ2n) is 7.08. The molecule has 1 aliphatic heterocycles. The zero-order chi connectivity index (χ0) is 19.2. The Balaban J connectivity index is 1.52. The minimum atomic E-state index is -0.0490. The average Bonchev–Trinajstić information content (AvgIpc) is 2.70. The van der Waals surface area contributed by atoms with E-state index < -0.39 is 0 Å². The van der Waals surface area contributed by atoms with E-state index in [1.165, 1.54) is 5.56 Å². The van der Waals surface area contributed by atoms with Gasteiger partial charge in [0.05, 0.1) is 0 Å². The molecule has 2 aromatic carbocycles. The number of benzene rings is 2. The molecule has 1 aliphatic rings. The van der Waals surface area contributed by atoms with E-state index in [1.54, 1.807) is 6.08 Å². The van der Waals surface area contributed by atoms with Crippen LogP contribution in [-0.2, 0) is 9.59 Å². The number of carbonyl (C=O) groups excluding carboxylic acids is 2. The first kappa shape index (κ1) is 18.9. The molecule has 2 aromatic rings. The van der Waals surface area contributed by atoms with E-state index in [9.17, 15) is 9.59 Å². The minimum absolute atomic E-state index is 0.00670. The van der Waals surface area contributed by atoms with Crippen LogP contribution in [0, 0.1) is 19.8 Å². The highest BCUT2D eigenvalue weighted by Crippen LogP contribution is 2.23. The number of hydrogen-bond donors (Lipinski definition) is 1. The Bertz CT molecular complexity index is 835. The van der Waals surface area contributed by atoms with Gasteiger partial charge in [-0.25, -0.2) is 0 Å². The maximum atomic E-state index is 12.6. The molecule has 0 aliphatic carbocycles. The number of amides is 2. The second-order valence-corrected chi connectivity index (χ2v) is 7.08. The molecule has 3 rings (SSSR count). The van der Waals surface area contributed by atoms with Gasteiger partial charge in [0, 0.05) is 30.8 Å². The third-order valence-corrected chi connectivity index (χ3v) is 5.26. The predicted octanol–water partition coefficient (Wildman–Crippen LogP) is 4.19. The summed E-state index contributed by atoms with van der Waals surface area (Å²) < 4.78 is 0. The molecule has 0 aromatic heterocycles. The first-order chi connectivity index (χ1) is 13.0. The van der Waals surface area contributed by atoms with E-state index in [-0.39, 0.29) is 17.7 Å². The molecular formula is C23H26N2O2. The van der Waals surface area contributed by atoms with E-state index in [1.807, 2.05) is 73.4 Å². The summed E-state index contributed by atoms with van der Waals surface area (Å²) in [6.45, 7) is 5.29. The van der Waals surface area contributed by atoms with Crippen molar-refractivity contribution in [2.45, 2.75) is 26.7 Å². The van der Waals surface area contributed by atoms with E-state index >= 15 is 0 Å². The number of likely N-dealkylation sites (tertiary alicyclic amines) is 1.